The van der Waals surface area contributed by atoms with Crippen molar-refractivity contribution in [3.63, 3.8) is 0 Å². The predicted molar refractivity (Wildman–Crippen MR) is 107 cm³/mol. The summed E-state index contributed by atoms with van der Waals surface area (Å²) in [4.78, 5) is 20.0. The van der Waals surface area contributed by atoms with Crippen molar-refractivity contribution in [1.29, 1.82) is 0 Å². The molecule has 3 aromatic rings. The lowest BCUT2D eigenvalue weighted by Gasteiger charge is -2.05. The van der Waals surface area contributed by atoms with E-state index in [-0.39, 0.29) is 11.3 Å². The second-order valence-corrected chi connectivity index (χ2v) is 6.91. The number of rotatable bonds is 4. The average molecular weight is 393 g/mol. The smallest absolute Gasteiger partial charge is 0.308 e. The molecule has 7 nitrogen and oxygen atoms in total. The number of carbonyl (C=O) groups is 1. The number of H-pyrrole nitrogens is 1. The quantitative estimate of drug-likeness (QED) is 0.464. The number of aromatic nitrogens is 4. The number of carbonyl (C=O) groups excluding carboxylic acids is 1. The Bertz CT molecular complexity index is 1050. The molecule has 3 N–H and O–H groups in total. The van der Waals surface area contributed by atoms with Crippen LogP contribution in [-0.2, 0) is 6.42 Å². The predicted octanol–water partition coefficient (Wildman–Crippen LogP) is 3.85. The summed E-state index contributed by atoms with van der Waals surface area (Å²) in [5.74, 6) is 7.23. The highest BCUT2D eigenvalue weighted by atomic mass is 35.5. The first-order valence-corrected chi connectivity index (χ1v) is 9.24. The fourth-order valence-electron chi connectivity index (χ4n) is 2.64. The zero-order chi connectivity index (χ0) is 19.3. The maximum Gasteiger partial charge on any atom is 0.324 e. The van der Waals surface area contributed by atoms with Gasteiger partial charge in [0.15, 0.2) is 5.82 Å². The summed E-state index contributed by atoms with van der Waals surface area (Å²) in [7, 11) is 0. The van der Waals surface area contributed by atoms with Crippen LogP contribution in [0.15, 0.2) is 42.7 Å². The van der Waals surface area contributed by atoms with Crippen LogP contribution < -0.4 is 10.6 Å². The Morgan fingerprint density at radius 1 is 1.14 bits per heavy atom. The van der Waals surface area contributed by atoms with Crippen LogP contribution >= 0.6 is 11.6 Å². The Morgan fingerprint density at radius 3 is 2.71 bits per heavy atom. The van der Waals surface area contributed by atoms with Crippen molar-refractivity contribution in [3.8, 4) is 11.8 Å². The molecule has 140 valence electrons. The molecule has 0 saturated heterocycles. The topological polar surface area (TPSA) is 95.6 Å². The first kappa shape index (κ1) is 18.0. The van der Waals surface area contributed by atoms with Gasteiger partial charge in [0.25, 0.3) is 0 Å². The molecule has 1 aliphatic rings. The summed E-state index contributed by atoms with van der Waals surface area (Å²) < 4.78 is 0. The van der Waals surface area contributed by atoms with Gasteiger partial charge in [0.2, 0.25) is 5.28 Å². The number of hydrogen-bond donors (Lipinski definition) is 3. The van der Waals surface area contributed by atoms with Gasteiger partial charge in [-0.15, -0.1) is 0 Å². The summed E-state index contributed by atoms with van der Waals surface area (Å²) in [6.45, 7) is 0. The molecule has 1 aromatic carbocycles. The molecule has 0 spiro atoms. The minimum Gasteiger partial charge on any atom is -0.308 e. The molecule has 0 unspecified atom stereocenters. The minimum atomic E-state index is -0.360. The van der Waals surface area contributed by atoms with Gasteiger partial charge in [-0.25, -0.2) is 14.8 Å². The van der Waals surface area contributed by atoms with Crippen LogP contribution in [0.25, 0.3) is 0 Å². The third kappa shape index (κ3) is 5.09. The first-order valence-electron chi connectivity index (χ1n) is 8.86. The van der Waals surface area contributed by atoms with Crippen LogP contribution in [0.2, 0.25) is 5.28 Å². The molecular formula is C20H17ClN6O. The monoisotopic (exact) mass is 392 g/mol. The zero-order valence-electron chi connectivity index (χ0n) is 14.9. The third-order valence-corrected chi connectivity index (χ3v) is 4.37. The van der Waals surface area contributed by atoms with Crippen LogP contribution in [0, 0.1) is 17.8 Å². The van der Waals surface area contributed by atoms with E-state index in [2.05, 4.69) is 42.6 Å². The maximum atomic E-state index is 12.2. The van der Waals surface area contributed by atoms with Crippen LogP contribution in [0.1, 0.15) is 29.7 Å². The number of aromatic amines is 1. The van der Waals surface area contributed by atoms with E-state index < -0.39 is 0 Å². The Morgan fingerprint density at radius 2 is 1.93 bits per heavy atom. The van der Waals surface area contributed by atoms with Crippen molar-refractivity contribution in [2.75, 3.05) is 10.6 Å². The van der Waals surface area contributed by atoms with Crippen LogP contribution in [0.3, 0.4) is 0 Å². The van der Waals surface area contributed by atoms with Crippen molar-refractivity contribution in [3.05, 3.63) is 64.8 Å². The second kappa shape index (κ2) is 8.11. The van der Waals surface area contributed by atoms with E-state index in [1.807, 2.05) is 18.2 Å². The van der Waals surface area contributed by atoms with E-state index in [1.54, 1.807) is 24.5 Å². The number of urea groups is 1. The van der Waals surface area contributed by atoms with Gasteiger partial charge in [-0.1, -0.05) is 17.9 Å². The van der Waals surface area contributed by atoms with Gasteiger partial charge in [-0.2, -0.15) is 5.10 Å². The standard InChI is InChI=1S/C20H17ClN6O/c21-19-22-11-15(12-23-19)7-6-13-2-1-3-16(8-13)24-20(28)25-18-10-17(26-27-18)9-14-4-5-14/h1-3,8,10-12,14H,4-5,9H2,(H3,24,25,26,27,28). The lowest BCUT2D eigenvalue weighted by molar-refractivity contribution is 0.262. The van der Waals surface area contributed by atoms with Gasteiger partial charge in [0, 0.05) is 35.4 Å². The summed E-state index contributed by atoms with van der Waals surface area (Å²) in [5, 5.41) is 12.8. The number of benzene rings is 1. The highest BCUT2D eigenvalue weighted by Crippen LogP contribution is 2.32. The summed E-state index contributed by atoms with van der Waals surface area (Å²) in [6, 6.07) is 8.76. The first-order chi connectivity index (χ1) is 13.6. The maximum absolute atomic E-state index is 12.2. The SMILES string of the molecule is O=C(Nc1cccc(C#Cc2cnc(Cl)nc2)c1)Nc1cc(CC2CC2)[nH]n1. The third-order valence-electron chi connectivity index (χ3n) is 4.17. The van der Waals surface area contributed by atoms with E-state index in [0.717, 1.165) is 23.6 Å². The number of nitrogens with one attached hydrogen (secondary N) is 3. The summed E-state index contributed by atoms with van der Waals surface area (Å²) >= 11 is 5.66. The number of anilines is 2. The highest BCUT2D eigenvalue weighted by Gasteiger charge is 2.22. The van der Waals surface area contributed by atoms with E-state index in [4.69, 9.17) is 11.6 Å². The van der Waals surface area contributed by atoms with Gasteiger partial charge >= 0.3 is 6.03 Å². The van der Waals surface area contributed by atoms with Crippen LogP contribution in [-0.4, -0.2) is 26.2 Å². The zero-order valence-corrected chi connectivity index (χ0v) is 15.6. The number of hydrogen-bond acceptors (Lipinski definition) is 4. The molecule has 0 bridgehead atoms. The number of nitrogens with zero attached hydrogens (tertiary/aromatic N) is 3. The molecule has 8 heteroatoms. The molecule has 0 atom stereocenters. The van der Waals surface area contributed by atoms with Crippen LogP contribution in [0.4, 0.5) is 16.3 Å². The van der Waals surface area contributed by atoms with Crippen molar-refractivity contribution in [2.45, 2.75) is 19.3 Å². The van der Waals surface area contributed by atoms with E-state index in [1.165, 1.54) is 12.8 Å². The molecule has 0 aliphatic heterocycles. The van der Waals surface area contributed by atoms with Gasteiger partial charge in [-0.3, -0.25) is 10.4 Å². The van der Waals surface area contributed by atoms with Crippen LogP contribution in [0.5, 0.6) is 0 Å². The molecule has 2 heterocycles. The van der Waals surface area contributed by atoms with Crippen molar-refractivity contribution in [1.82, 2.24) is 20.2 Å². The molecule has 28 heavy (non-hydrogen) atoms. The lowest BCUT2D eigenvalue weighted by atomic mass is 10.2. The molecule has 0 radical (unpaired) electrons. The van der Waals surface area contributed by atoms with E-state index in [0.29, 0.717) is 17.1 Å². The Kier molecular flexibility index (Phi) is 5.22. The minimum absolute atomic E-state index is 0.180. The van der Waals surface area contributed by atoms with Crippen molar-refractivity contribution >= 4 is 29.1 Å². The Labute approximate surface area is 166 Å². The lowest BCUT2D eigenvalue weighted by Crippen LogP contribution is -2.19. The van der Waals surface area contributed by atoms with Gasteiger partial charge in [0.1, 0.15) is 0 Å². The summed E-state index contributed by atoms with van der Waals surface area (Å²) in [5.41, 5.74) is 3.08. The Hall–Kier alpha value is -3.37. The molecule has 4 rings (SSSR count). The second-order valence-electron chi connectivity index (χ2n) is 6.58. The molecule has 2 amide bonds. The largest absolute Gasteiger partial charge is 0.324 e. The summed E-state index contributed by atoms with van der Waals surface area (Å²) in [6.07, 6.45) is 6.63. The van der Waals surface area contributed by atoms with E-state index >= 15 is 0 Å². The highest BCUT2D eigenvalue weighted by molar-refractivity contribution is 6.28. The van der Waals surface area contributed by atoms with Gasteiger partial charge in [0.05, 0.1) is 5.56 Å². The Balaban J connectivity index is 1.36. The average Bonchev–Trinajstić information content (AvgIpc) is 3.39. The molecule has 1 fully saturated rings. The number of halogens is 1. The number of amides is 2. The van der Waals surface area contributed by atoms with E-state index in [9.17, 15) is 4.79 Å². The van der Waals surface area contributed by atoms with Crippen molar-refractivity contribution in [2.24, 2.45) is 5.92 Å². The molecule has 1 aliphatic carbocycles. The molecular weight excluding hydrogens is 376 g/mol. The molecule has 2 aromatic heterocycles. The van der Waals surface area contributed by atoms with Gasteiger partial charge < -0.3 is 5.32 Å². The van der Waals surface area contributed by atoms with Crippen molar-refractivity contribution < 1.29 is 4.79 Å². The van der Waals surface area contributed by atoms with Gasteiger partial charge in [-0.05, 0) is 55.0 Å². The fraction of sp³-hybridized carbons (Fsp3) is 0.200. The normalized spacial score (nSPS) is 12.8. The molecule has 1 saturated carbocycles. The fourth-order valence-corrected chi connectivity index (χ4v) is 2.74.